The van der Waals surface area contributed by atoms with E-state index in [0.717, 1.165) is 12.8 Å². The SMILES string of the molecule is CSc1nc(C)c(CCC(=O)NCCC2=CCCCC2)c(=O)[nH]1. The zero-order chi connectivity index (χ0) is 16.7. The van der Waals surface area contributed by atoms with E-state index in [1.54, 1.807) is 0 Å². The highest BCUT2D eigenvalue weighted by molar-refractivity contribution is 7.98. The zero-order valence-corrected chi connectivity index (χ0v) is 14.7. The molecular formula is C17H25N3O2S. The fourth-order valence-corrected chi connectivity index (χ4v) is 3.22. The number of allylic oxidation sites excluding steroid dienone is 1. The van der Waals surface area contributed by atoms with Gasteiger partial charge in [0.05, 0.1) is 0 Å². The molecule has 0 radical (unpaired) electrons. The third-order valence-corrected chi connectivity index (χ3v) is 4.73. The number of aryl methyl sites for hydroxylation is 1. The first-order chi connectivity index (χ1) is 11.1. The number of nitrogens with one attached hydrogen (secondary N) is 2. The third-order valence-electron chi connectivity index (χ3n) is 4.15. The number of aromatic amines is 1. The van der Waals surface area contributed by atoms with Gasteiger partial charge < -0.3 is 10.3 Å². The number of hydrogen-bond donors (Lipinski definition) is 2. The Morgan fingerprint density at radius 3 is 2.87 bits per heavy atom. The van der Waals surface area contributed by atoms with Crippen LogP contribution in [-0.2, 0) is 11.2 Å². The zero-order valence-electron chi connectivity index (χ0n) is 13.9. The molecule has 1 heterocycles. The maximum Gasteiger partial charge on any atom is 0.254 e. The van der Waals surface area contributed by atoms with E-state index < -0.39 is 0 Å². The van der Waals surface area contributed by atoms with E-state index in [9.17, 15) is 9.59 Å². The molecule has 2 N–H and O–H groups in total. The van der Waals surface area contributed by atoms with Crippen molar-refractivity contribution in [1.82, 2.24) is 15.3 Å². The second-order valence-electron chi connectivity index (χ2n) is 5.85. The van der Waals surface area contributed by atoms with Gasteiger partial charge in [-0.15, -0.1) is 0 Å². The third kappa shape index (κ3) is 5.53. The molecule has 0 saturated heterocycles. The molecule has 0 saturated carbocycles. The Morgan fingerprint density at radius 1 is 1.39 bits per heavy atom. The van der Waals surface area contributed by atoms with Crippen LogP contribution in [0.15, 0.2) is 21.6 Å². The van der Waals surface area contributed by atoms with Gasteiger partial charge in [0.2, 0.25) is 5.91 Å². The molecule has 1 aliphatic rings. The normalized spacial score (nSPS) is 14.4. The van der Waals surface area contributed by atoms with Crippen molar-refractivity contribution in [1.29, 1.82) is 0 Å². The number of nitrogens with zero attached hydrogens (tertiary/aromatic N) is 1. The largest absolute Gasteiger partial charge is 0.356 e. The minimum absolute atomic E-state index is 0.00541. The molecule has 5 nitrogen and oxygen atoms in total. The van der Waals surface area contributed by atoms with Gasteiger partial charge in [0, 0.05) is 24.2 Å². The molecule has 1 aromatic rings. The molecule has 0 fully saturated rings. The smallest absolute Gasteiger partial charge is 0.254 e. The fraction of sp³-hybridized carbons (Fsp3) is 0.588. The van der Waals surface area contributed by atoms with Crippen LogP contribution in [0.5, 0.6) is 0 Å². The number of rotatable bonds is 7. The van der Waals surface area contributed by atoms with Crippen molar-refractivity contribution in [3.8, 4) is 0 Å². The van der Waals surface area contributed by atoms with Gasteiger partial charge in [0.1, 0.15) is 0 Å². The predicted molar refractivity (Wildman–Crippen MR) is 93.9 cm³/mol. The van der Waals surface area contributed by atoms with E-state index >= 15 is 0 Å². The van der Waals surface area contributed by atoms with E-state index in [1.807, 2.05) is 13.2 Å². The van der Waals surface area contributed by atoms with Gasteiger partial charge in [-0.1, -0.05) is 23.4 Å². The summed E-state index contributed by atoms with van der Waals surface area (Å²) < 4.78 is 0. The molecule has 126 valence electrons. The van der Waals surface area contributed by atoms with Gasteiger partial charge in [-0.2, -0.15) is 0 Å². The maximum absolute atomic E-state index is 12.0. The summed E-state index contributed by atoms with van der Waals surface area (Å²) in [6.45, 7) is 2.50. The first-order valence-electron chi connectivity index (χ1n) is 8.18. The highest BCUT2D eigenvalue weighted by Crippen LogP contribution is 2.19. The van der Waals surface area contributed by atoms with E-state index in [0.29, 0.717) is 35.8 Å². The Hall–Kier alpha value is -1.56. The fourth-order valence-electron chi connectivity index (χ4n) is 2.80. The molecular weight excluding hydrogens is 310 g/mol. The summed E-state index contributed by atoms with van der Waals surface area (Å²) in [6.07, 6.45) is 10.7. The number of amides is 1. The summed E-state index contributed by atoms with van der Waals surface area (Å²) >= 11 is 1.40. The quantitative estimate of drug-likeness (QED) is 0.456. The van der Waals surface area contributed by atoms with Gasteiger partial charge in [-0.05, 0) is 51.7 Å². The van der Waals surface area contributed by atoms with Crippen molar-refractivity contribution in [2.24, 2.45) is 0 Å². The summed E-state index contributed by atoms with van der Waals surface area (Å²) in [5.41, 5.74) is 2.63. The molecule has 0 aliphatic heterocycles. The van der Waals surface area contributed by atoms with Gasteiger partial charge >= 0.3 is 0 Å². The molecule has 1 aliphatic carbocycles. The lowest BCUT2D eigenvalue weighted by atomic mass is 9.97. The second-order valence-corrected chi connectivity index (χ2v) is 6.64. The first-order valence-corrected chi connectivity index (χ1v) is 9.41. The van der Waals surface area contributed by atoms with Crippen molar-refractivity contribution < 1.29 is 4.79 Å². The number of carbonyl (C=O) groups excluding carboxylic acids is 1. The number of hydrogen-bond acceptors (Lipinski definition) is 4. The standard InChI is InChI=1S/C17H25N3O2S/c1-12-14(16(22)20-17(19-12)23-2)8-9-15(21)18-11-10-13-6-4-3-5-7-13/h6H,3-5,7-11H2,1-2H3,(H,18,21)(H,19,20,22). The van der Waals surface area contributed by atoms with Gasteiger partial charge in [-0.25, -0.2) is 4.98 Å². The van der Waals surface area contributed by atoms with Crippen LogP contribution in [0.2, 0.25) is 0 Å². The van der Waals surface area contributed by atoms with Crippen LogP contribution >= 0.6 is 11.8 Å². The Kier molecular flexibility index (Phi) is 6.89. The molecule has 0 atom stereocenters. The van der Waals surface area contributed by atoms with E-state index in [4.69, 9.17) is 0 Å². The van der Waals surface area contributed by atoms with Crippen molar-refractivity contribution in [3.63, 3.8) is 0 Å². The Balaban J connectivity index is 1.78. The number of H-pyrrole nitrogens is 1. The Labute approximate surface area is 141 Å². The molecule has 0 aromatic carbocycles. The van der Waals surface area contributed by atoms with Gasteiger partial charge in [0.15, 0.2) is 5.16 Å². The van der Waals surface area contributed by atoms with Crippen LogP contribution < -0.4 is 10.9 Å². The lowest BCUT2D eigenvalue weighted by Gasteiger charge is -2.13. The molecule has 6 heteroatoms. The van der Waals surface area contributed by atoms with Crippen molar-refractivity contribution in [2.75, 3.05) is 12.8 Å². The maximum atomic E-state index is 12.0. The van der Waals surface area contributed by atoms with Crippen LogP contribution in [-0.4, -0.2) is 28.7 Å². The summed E-state index contributed by atoms with van der Waals surface area (Å²) in [7, 11) is 0. The molecule has 0 bridgehead atoms. The molecule has 0 unspecified atom stereocenters. The lowest BCUT2D eigenvalue weighted by Crippen LogP contribution is -2.26. The average molecular weight is 335 g/mol. The molecule has 1 amide bonds. The van der Waals surface area contributed by atoms with Gasteiger partial charge in [0.25, 0.3) is 5.56 Å². The van der Waals surface area contributed by atoms with E-state index in [2.05, 4.69) is 21.4 Å². The van der Waals surface area contributed by atoms with Crippen LogP contribution in [0.1, 0.15) is 49.8 Å². The summed E-state index contributed by atoms with van der Waals surface area (Å²) in [5.74, 6) is -0.00541. The van der Waals surface area contributed by atoms with E-state index in [-0.39, 0.29) is 11.5 Å². The summed E-state index contributed by atoms with van der Waals surface area (Å²) in [6, 6.07) is 0. The summed E-state index contributed by atoms with van der Waals surface area (Å²) in [5, 5.41) is 3.56. The van der Waals surface area contributed by atoms with Gasteiger partial charge in [-0.3, -0.25) is 9.59 Å². The predicted octanol–water partition coefficient (Wildman–Crippen LogP) is 2.74. The topological polar surface area (TPSA) is 74.8 Å². The number of aromatic nitrogens is 2. The minimum Gasteiger partial charge on any atom is -0.356 e. The van der Waals surface area contributed by atoms with Crippen LogP contribution in [0, 0.1) is 6.92 Å². The summed E-state index contributed by atoms with van der Waals surface area (Å²) in [4.78, 5) is 31.0. The minimum atomic E-state index is -0.137. The molecule has 1 aromatic heterocycles. The Bertz CT molecular complexity index is 637. The van der Waals surface area contributed by atoms with Crippen molar-refractivity contribution in [3.05, 3.63) is 33.3 Å². The molecule has 2 rings (SSSR count). The lowest BCUT2D eigenvalue weighted by molar-refractivity contribution is -0.121. The van der Waals surface area contributed by atoms with Crippen LogP contribution in [0.3, 0.4) is 0 Å². The monoisotopic (exact) mass is 335 g/mol. The highest BCUT2D eigenvalue weighted by atomic mass is 32.2. The first kappa shape index (κ1) is 17.8. The second kappa shape index (κ2) is 8.91. The van der Waals surface area contributed by atoms with E-state index in [1.165, 1.54) is 36.6 Å². The number of thioether (sulfide) groups is 1. The highest BCUT2D eigenvalue weighted by Gasteiger charge is 2.10. The Morgan fingerprint density at radius 2 is 2.22 bits per heavy atom. The van der Waals surface area contributed by atoms with Crippen LogP contribution in [0.25, 0.3) is 0 Å². The van der Waals surface area contributed by atoms with Crippen molar-refractivity contribution in [2.45, 2.75) is 57.0 Å². The molecule has 23 heavy (non-hydrogen) atoms. The van der Waals surface area contributed by atoms with Crippen LogP contribution in [0.4, 0.5) is 0 Å². The number of carbonyl (C=O) groups is 1. The van der Waals surface area contributed by atoms with Crippen molar-refractivity contribution >= 4 is 17.7 Å². The average Bonchev–Trinajstić information content (AvgIpc) is 2.54. The molecule has 0 spiro atoms.